The van der Waals surface area contributed by atoms with Crippen LogP contribution in [0.2, 0.25) is 0 Å². The average Bonchev–Trinajstić information content (AvgIpc) is 2.83. The molecule has 0 saturated heterocycles. The number of alkyl halides is 3. The lowest BCUT2D eigenvalue weighted by molar-refractivity contribution is -0.174. The van der Waals surface area contributed by atoms with Gasteiger partial charge in [-0.25, -0.2) is 0 Å². The number of hydrogen-bond donors (Lipinski definition) is 1. The van der Waals surface area contributed by atoms with Crippen LogP contribution in [-0.2, 0) is 11.3 Å². The van der Waals surface area contributed by atoms with Crippen LogP contribution in [0.25, 0.3) is 0 Å². The lowest BCUT2D eigenvalue weighted by Crippen LogP contribution is -2.18. The van der Waals surface area contributed by atoms with E-state index >= 15 is 0 Å². The van der Waals surface area contributed by atoms with Gasteiger partial charge in [0.15, 0.2) is 0 Å². The van der Waals surface area contributed by atoms with Crippen molar-refractivity contribution in [1.29, 1.82) is 0 Å². The monoisotopic (exact) mass is 293 g/mol. The molecule has 1 unspecified atom stereocenters. The molecule has 0 fully saturated rings. The largest absolute Gasteiger partial charge is 0.411 e. The molecule has 1 N–H and O–H groups in total. The molecule has 7 heteroatoms. The van der Waals surface area contributed by atoms with Crippen molar-refractivity contribution in [2.24, 2.45) is 0 Å². The lowest BCUT2D eigenvalue weighted by atomic mass is 10.2. The van der Waals surface area contributed by atoms with Crippen molar-refractivity contribution in [3.05, 3.63) is 18.0 Å². The van der Waals surface area contributed by atoms with E-state index < -0.39 is 12.8 Å². The molecule has 116 valence electrons. The van der Waals surface area contributed by atoms with Gasteiger partial charge in [-0.3, -0.25) is 4.68 Å². The second kappa shape index (κ2) is 8.26. The second-order valence-corrected chi connectivity index (χ2v) is 4.73. The molecule has 0 amide bonds. The van der Waals surface area contributed by atoms with E-state index in [0.717, 1.165) is 18.5 Å². The molecule has 1 atom stereocenters. The maximum atomic E-state index is 11.9. The zero-order chi connectivity index (χ0) is 15.0. The predicted molar refractivity (Wildman–Crippen MR) is 70.4 cm³/mol. The Morgan fingerprint density at radius 1 is 1.45 bits per heavy atom. The van der Waals surface area contributed by atoms with Crippen molar-refractivity contribution < 1.29 is 17.9 Å². The highest BCUT2D eigenvalue weighted by Gasteiger charge is 2.27. The molecule has 0 saturated carbocycles. The summed E-state index contributed by atoms with van der Waals surface area (Å²) in [5.41, 5.74) is 1.08. The summed E-state index contributed by atoms with van der Waals surface area (Å²) in [5, 5.41) is 7.54. The minimum Gasteiger partial charge on any atom is -0.372 e. The van der Waals surface area contributed by atoms with E-state index in [2.05, 4.69) is 29.0 Å². The van der Waals surface area contributed by atoms with Gasteiger partial charge in [0, 0.05) is 31.0 Å². The summed E-state index contributed by atoms with van der Waals surface area (Å²) >= 11 is 0. The SMILES string of the molecule is CCCNC(C)c1cnn(CCCOCC(F)(F)F)c1. The Labute approximate surface area is 117 Å². The first kappa shape index (κ1) is 17.0. The molecule has 0 spiro atoms. The maximum Gasteiger partial charge on any atom is 0.411 e. The average molecular weight is 293 g/mol. The zero-order valence-electron chi connectivity index (χ0n) is 11.9. The molecule has 0 radical (unpaired) electrons. The number of aryl methyl sites for hydroxylation is 1. The number of nitrogens with one attached hydrogen (secondary N) is 1. The molecule has 0 aliphatic carbocycles. The molecule has 0 aliphatic rings. The summed E-state index contributed by atoms with van der Waals surface area (Å²) in [6.07, 6.45) is 1.02. The van der Waals surface area contributed by atoms with Gasteiger partial charge in [0.05, 0.1) is 6.20 Å². The van der Waals surface area contributed by atoms with Gasteiger partial charge in [-0.05, 0) is 26.3 Å². The molecule has 1 aromatic rings. The molecular formula is C13H22F3N3O. The van der Waals surface area contributed by atoms with Crippen LogP contribution in [0.5, 0.6) is 0 Å². The standard InChI is InChI=1S/C13H22F3N3O/c1-3-5-17-11(2)12-8-18-19(9-12)6-4-7-20-10-13(14,15)16/h8-9,11,17H,3-7,10H2,1-2H3. The number of halogens is 3. The second-order valence-electron chi connectivity index (χ2n) is 4.73. The van der Waals surface area contributed by atoms with E-state index in [4.69, 9.17) is 0 Å². The third-order valence-corrected chi connectivity index (χ3v) is 2.80. The number of nitrogens with zero attached hydrogens (tertiary/aromatic N) is 2. The first-order chi connectivity index (χ1) is 9.42. The lowest BCUT2D eigenvalue weighted by Gasteiger charge is -2.10. The highest BCUT2D eigenvalue weighted by molar-refractivity contribution is 5.09. The quantitative estimate of drug-likeness (QED) is 0.712. The van der Waals surface area contributed by atoms with Crippen LogP contribution in [0.3, 0.4) is 0 Å². The Morgan fingerprint density at radius 3 is 2.85 bits per heavy atom. The molecule has 1 heterocycles. The van der Waals surface area contributed by atoms with Crippen LogP contribution in [0.15, 0.2) is 12.4 Å². The number of aromatic nitrogens is 2. The summed E-state index contributed by atoms with van der Waals surface area (Å²) in [5.74, 6) is 0. The Bertz CT molecular complexity index is 379. The van der Waals surface area contributed by atoms with Crippen LogP contribution >= 0.6 is 0 Å². The number of rotatable bonds is 9. The van der Waals surface area contributed by atoms with E-state index in [1.807, 2.05) is 6.20 Å². The van der Waals surface area contributed by atoms with Crippen molar-refractivity contribution in [3.63, 3.8) is 0 Å². The fourth-order valence-electron chi connectivity index (χ4n) is 1.72. The first-order valence-electron chi connectivity index (χ1n) is 6.82. The first-order valence-corrected chi connectivity index (χ1v) is 6.82. The smallest absolute Gasteiger partial charge is 0.372 e. The molecular weight excluding hydrogens is 271 g/mol. The summed E-state index contributed by atoms with van der Waals surface area (Å²) < 4.78 is 41.8. The molecule has 1 rings (SSSR count). The number of ether oxygens (including phenoxy) is 1. The van der Waals surface area contributed by atoms with Gasteiger partial charge in [0.1, 0.15) is 6.61 Å². The van der Waals surface area contributed by atoms with Gasteiger partial charge in [0.2, 0.25) is 0 Å². The summed E-state index contributed by atoms with van der Waals surface area (Å²) in [4.78, 5) is 0. The molecule has 20 heavy (non-hydrogen) atoms. The van der Waals surface area contributed by atoms with Gasteiger partial charge >= 0.3 is 6.18 Å². The minimum absolute atomic E-state index is 0.0817. The van der Waals surface area contributed by atoms with Crippen molar-refractivity contribution in [2.75, 3.05) is 19.8 Å². The van der Waals surface area contributed by atoms with E-state index in [1.165, 1.54) is 0 Å². The van der Waals surface area contributed by atoms with Gasteiger partial charge in [0.25, 0.3) is 0 Å². The summed E-state index contributed by atoms with van der Waals surface area (Å²) in [6, 6.07) is 0.227. The van der Waals surface area contributed by atoms with Crippen LogP contribution in [0, 0.1) is 0 Å². The molecule has 0 aliphatic heterocycles. The van der Waals surface area contributed by atoms with Crippen molar-refractivity contribution >= 4 is 0 Å². The fourth-order valence-corrected chi connectivity index (χ4v) is 1.72. The number of hydrogen-bond acceptors (Lipinski definition) is 3. The summed E-state index contributed by atoms with van der Waals surface area (Å²) in [7, 11) is 0. The Hall–Kier alpha value is -1.08. The normalized spacial score (nSPS) is 13.7. The highest BCUT2D eigenvalue weighted by atomic mass is 19.4. The Kier molecular flexibility index (Phi) is 7.01. The fraction of sp³-hybridized carbons (Fsp3) is 0.769. The van der Waals surface area contributed by atoms with Gasteiger partial charge in [-0.2, -0.15) is 18.3 Å². The maximum absolute atomic E-state index is 11.9. The van der Waals surface area contributed by atoms with Gasteiger partial charge < -0.3 is 10.1 Å². The van der Waals surface area contributed by atoms with E-state index in [0.29, 0.717) is 13.0 Å². The van der Waals surface area contributed by atoms with Crippen molar-refractivity contribution in [1.82, 2.24) is 15.1 Å². The highest BCUT2D eigenvalue weighted by Crippen LogP contribution is 2.14. The third-order valence-electron chi connectivity index (χ3n) is 2.80. The minimum atomic E-state index is -4.25. The van der Waals surface area contributed by atoms with Crippen LogP contribution in [0.4, 0.5) is 13.2 Å². The van der Waals surface area contributed by atoms with Gasteiger partial charge in [-0.15, -0.1) is 0 Å². The van der Waals surface area contributed by atoms with Crippen molar-refractivity contribution in [3.8, 4) is 0 Å². The van der Waals surface area contributed by atoms with E-state index in [-0.39, 0.29) is 12.6 Å². The van der Waals surface area contributed by atoms with E-state index in [1.54, 1.807) is 10.9 Å². The van der Waals surface area contributed by atoms with E-state index in [9.17, 15) is 13.2 Å². The predicted octanol–water partition coefficient (Wildman–Crippen LogP) is 2.91. The van der Waals surface area contributed by atoms with Crippen LogP contribution in [0.1, 0.15) is 38.3 Å². The molecule has 4 nitrogen and oxygen atoms in total. The van der Waals surface area contributed by atoms with Gasteiger partial charge in [-0.1, -0.05) is 6.92 Å². The summed E-state index contributed by atoms with van der Waals surface area (Å²) in [6.45, 7) is 4.55. The van der Waals surface area contributed by atoms with Crippen LogP contribution < -0.4 is 5.32 Å². The van der Waals surface area contributed by atoms with Crippen LogP contribution in [-0.4, -0.2) is 35.7 Å². The molecule has 1 aromatic heterocycles. The molecule has 0 aromatic carbocycles. The molecule has 0 bridgehead atoms. The zero-order valence-corrected chi connectivity index (χ0v) is 11.9. The Balaban J connectivity index is 2.23. The van der Waals surface area contributed by atoms with Crippen molar-refractivity contribution in [2.45, 2.75) is 45.5 Å². The topological polar surface area (TPSA) is 39.1 Å². The Morgan fingerprint density at radius 2 is 2.20 bits per heavy atom. The third kappa shape index (κ3) is 6.91.